The fourth-order valence-electron chi connectivity index (χ4n) is 2.59. The van der Waals surface area contributed by atoms with Gasteiger partial charge in [0.15, 0.2) is 0 Å². The first-order valence-corrected chi connectivity index (χ1v) is 7.50. The van der Waals surface area contributed by atoms with E-state index in [9.17, 15) is 0 Å². The van der Waals surface area contributed by atoms with Gasteiger partial charge in [-0.05, 0) is 44.5 Å². The summed E-state index contributed by atoms with van der Waals surface area (Å²) in [5.74, 6) is 1.40. The van der Waals surface area contributed by atoms with Crippen molar-refractivity contribution in [2.75, 3.05) is 31.9 Å². The zero-order chi connectivity index (χ0) is 10.5. The first-order valence-electron chi connectivity index (χ1n) is 6.46. The molecule has 2 aliphatic rings. The lowest BCUT2D eigenvalue weighted by molar-refractivity contribution is 0.265. The smallest absolute Gasteiger partial charge is 0.0192 e. The van der Waals surface area contributed by atoms with Gasteiger partial charge in [-0.15, -0.1) is 0 Å². The average Bonchev–Trinajstić information content (AvgIpc) is 2.64. The number of hydrogen-bond donors (Lipinski definition) is 1. The Morgan fingerprint density at radius 1 is 1.40 bits per heavy atom. The number of nitrogens with one attached hydrogen (secondary N) is 1. The molecule has 0 saturated carbocycles. The van der Waals surface area contributed by atoms with Crippen LogP contribution >= 0.6 is 11.8 Å². The van der Waals surface area contributed by atoms with Crippen molar-refractivity contribution in [3.63, 3.8) is 0 Å². The molecule has 0 radical (unpaired) electrons. The third-order valence-electron chi connectivity index (χ3n) is 3.54. The van der Waals surface area contributed by atoms with Crippen LogP contribution in [0.5, 0.6) is 0 Å². The van der Waals surface area contributed by atoms with Crippen LogP contribution in [0.3, 0.4) is 0 Å². The van der Waals surface area contributed by atoms with Crippen molar-refractivity contribution in [3.8, 4) is 0 Å². The Morgan fingerprint density at radius 2 is 2.33 bits per heavy atom. The molecule has 0 aromatic rings. The summed E-state index contributed by atoms with van der Waals surface area (Å²) in [6, 6.07) is 0.735. The lowest BCUT2D eigenvalue weighted by atomic mass is 10.2. The van der Waals surface area contributed by atoms with Gasteiger partial charge >= 0.3 is 0 Å². The van der Waals surface area contributed by atoms with Crippen molar-refractivity contribution in [1.82, 2.24) is 10.2 Å². The highest BCUT2D eigenvalue weighted by Gasteiger charge is 2.22. The fraction of sp³-hybridized carbons (Fsp3) is 1.00. The second-order valence-corrected chi connectivity index (χ2v) is 6.22. The third kappa shape index (κ3) is 3.65. The summed E-state index contributed by atoms with van der Waals surface area (Å²) in [6.45, 7) is 7.43. The van der Waals surface area contributed by atoms with Crippen molar-refractivity contribution >= 4 is 11.8 Å². The van der Waals surface area contributed by atoms with Gasteiger partial charge in [0.05, 0.1) is 0 Å². The highest BCUT2D eigenvalue weighted by Crippen LogP contribution is 2.27. The molecule has 1 N–H and O–H groups in total. The molecule has 0 aromatic heterocycles. The van der Waals surface area contributed by atoms with Crippen molar-refractivity contribution in [1.29, 1.82) is 0 Å². The molecule has 2 saturated heterocycles. The van der Waals surface area contributed by atoms with E-state index in [4.69, 9.17) is 0 Å². The standard InChI is InChI=1S/C12H24N2S/c1-2-11-9-14(7-4-6-13-11)10-12-5-3-8-15-12/h11-13H,2-10H2,1H3. The predicted octanol–water partition coefficient (Wildman–Crippen LogP) is 1.96. The maximum atomic E-state index is 3.64. The van der Waals surface area contributed by atoms with E-state index in [0.29, 0.717) is 0 Å². The molecule has 88 valence electrons. The minimum absolute atomic E-state index is 0.735. The number of thioether (sulfide) groups is 1. The van der Waals surface area contributed by atoms with E-state index in [2.05, 4.69) is 28.9 Å². The molecule has 2 heterocycles. The number of nitrogens with zero attached hydrogens (tertiary/aromatic N) is 1. The van der Waals surface area contributed by atoms with Gasteiger partial charge in [-0.3, -0.25) is 0 Å². The summed E-state index contributed by atoms with van der Waals surface area (Å²) in [4.78, 5) is 2.69. The zero-order valence-corrected chi connectivity index (χ0v) is 10.7. The molecule has 2 unspecified atom stereocenters. The Balaban J connectivity index is 1.78. The molecule has 2 rings (SSSR count). The third-order valence-corrected chi connectivity index (χ3v) is 4.92. The quantitative estimate of drug-likeness (QED) is 0.795. The van der Waals surface area contributed by atoms with Gasteiger partial charge < -0.3 is 10.2 Å². The summed E-state index contributed by atoms with van der Waals surface area (Å²) >= 11 is 2.19. The van der Waals surface area contributed by atoms with Crippen LogP contribution in [0.1, 0.15) is 32.6 Å². The lowest BCUT2D eigenvalue weighted by Crippen LogP contribution is -2.39. The molecule has 2 aliphatic heterocycles. The monoisotopic (exact) mass is 228 g/mol. The zero-order valence-electron chi connectivity index (χ0n) is 9.87. The van der Waals surface area contributed by atoms with E-state index < -0.39 is 0 Å². The molecule has 3 heteroatoms. The minimum atomic E-state index is 0.735. The number of hydrogen-bond acceptors (Lipinski definition) is 3. The van der Waals surface area contributed by atoms with Crippen LogP contribution in [-0.4, -0.2) is 48.1 Å². The topological polar surface area (TPSA) is 15.3 Å². The molecule has 0 bridgehead atoms. The molecule has 2 nitrogen and oxygen atoms in total. The Bertz CT molecular complexity index is 180. The molecule has 15 heavy (non-hydrogen) atoms. The first kappa shape index (κ1) is 11.7. The highest BCUT2D eigenvalue weighted by atomic mass is 32.2. The Hall–Kier alpha value is 0.270. The van der Waals surface area contributed by atoms with E-state index in [1.54, 1.807) is 0 Å². The Kier molecular flexibility index (Phi) is 4.79. The SMILES string of the molecule is CCC1CN(CC2CCCS2)CCCN1. The van der Waals surface area contributed by atoms with Gasteiger partial charge in [0, 0.05) is 24.4 Å². The normalized spacial score (nSPS) is 34.2. The molecule has 0 aliphatic carbocycles. The first-order chi connectivity index (χ1) is 7.38. The van der Waals surface area contributed by atoms with Crippen molar-refractivity contribution in [3.05, 3.63) is 0 Å². The van der Waals surface area contributed by atoms with Crippen molar-refractivity contribution < 1.29 is 0 Å². The molecule has 2 atom stereocenters. The summed E-state index contributed by atoms with van der Waals surface area (Å²) < 4.78 is 0. The van der Waals surface area contributed by atoms with Gasteiger partial charge in [0.2, 0.25) is 0 Å². The van der Waals surface area contributed by atoms with Crippen LogP contribution < -0.4 is 5.32 Å². The molecule has 0 spiro atoms. The minimum Gasteiger partial charge on any atom is -0.313 e. The van der Waals surface area contributed by atoms with Gasteiger partial charge in [-0.25, -0.2) is 0 Å². The molecular weight excluding hydrogens is 204 g/mol. The van der Waals surface area contributed by atoms with Crippen molar-refractivity contribution in [2.24, 2.45) is 0 Å². The maximum Gasteiger partial charge on any atom is 0.0192 e. The predicted molar refractivity (Wildman–Crippen MR) is 68.6 cm³/mol. The van der Waals surface area contributed by atoms with Crippen molar-refractivity contribution in [2.45, 2.75) is 43.9 Å². The van der Waals surface area contributed by atoms with Crippen LogP contribution in [0.15, 0.2) is 0 Å². The number of rotatable bonds is 3. The van der Waals surface area contributed by atoms with Gasteiger partial charge in [-0.2, -0.15) is 11.8 Å². The summed E-state index contributed by atoms with van der Waals surface area (Å²) in [5.41, 5.74) is 0. The van der Waals surface area contributed by atoms with Crippen LogP contribution in [0.2, 0.25) is 0 Å². The molecule has 2 fully saturated rings. The van der Waals surface area contributed by atoms with Gasteiger partial charge in [-0.1, -0.05) is 6.92 Å². The van der Waals surface area contributed by atoms with Crippen LogP contribution in [0.4, 0.5) is 0 Å². The maximum absolute atomic E-state index is 3.64. The summed E-state index contributed by atoms with van der Waals surface area (Å²) in [5, 5.41) is 4.57. The Labute approximate surface area is 98.2 Å². The van der Waals surface area contributed by atoms with Crippen LogP contribution in [0.25, 0.3) is 0 Å². The van der Waals surface area contributed by atoms with E-state index in [1.165, 1.54) is 57.6 Å². The van der Waals surface area contributed by atoms with Gasteiger partial charge in [0.1, 0.15) is 0 Å². The molecular formula is C12H24N2S. The largest absolute Gasteiger partial charge is 0.313 e. The van der Waals surface area contributed by atoms with E-state index >= 15 is 0 Å². The van der Waals surface area contributed by atoms with E-state index in [1.807, 2.05) is 0 Å². The van der Waals surface area contributed by atoms with Crippen LogP contribution in [-0.2, 0) is 0 Å². The van der Waals surface area contributed by atoms with Crippen LogP contribution in [0, 0.1) is 0 Å². The second-order valence-electron chi connectivity index (χ2n) is 4.81. The second kappa shape index (κ2) is 6.12. The fourth-order valence-corrected chi connectivity index (χ4v) is 3.91. The highest BCUT2D eigenvalue weighted by molar-refractivity contribution is 8.00. The molecule has 0 amide bonds. The summed E-state index contributed by atoms with van der Waals surface area (Å²) in [7, 11) is 0. The average molecular weight is 228 g/mol. The van der Waals surface area contributed by atoms with E-state index in [0.717, 1.165) is 11.3 Å². The Morgan fingerprint density at radius 3 is 3.07 bits per heavy atom. The molecule has 0 aromatic carbocycles. The lowest BCUT2D eigenvalue weighted by Gasteiger charge is -2.26. The van der Waals surface area contributed by atoms with E-state index in [-0.39, 0.29) is 0 Å². The summed E-state index contributed by atoms with van der Waals surface area (Å²) in [6.07, 6.45) is 5.49. The van der Waals surface area contributed by atoms with Gasteiger partial charge in [0.25, 0.3) is 0 Å².